The molecule has 3 fully saturated rings. The van der Waals surface area contributed by atoms with Gasteiger partial charge in [0.2, 0.25) is 0 Å². The number of fused-ring (bicyclic) bond motifs is 1. The van der Waals surface area contributed by atoms with Crippen molar-refractivity contribution in [2.45, 2.75) is 31.7 Å². The zero-order valence-corrected chi connectivity index (χ0v) is 12.2. The third-order valence-corrected chi connectivity index (χ3v) is 6.34. The second kappa shape index (κ2) is 5.63. The molecule has 2 unspecified atom stereocenters. The van der Waals surface area contributed by atoms with Crippen LogP contribution in [0.5, 0.6) is 0 Å². The highest BCUT2D eigenvalue weighted by Crippen LogP contribution is 2.28. The van der Waals surface area contributed by atoms with Gasteiger partial charge in [-0.25, -0.2) is 0 Å². The lowest BCUT2D eigenvalue weighted by Gasteiger charge is -2.35. The van der Waals surface area contributed by atoms with Crippen LogP contribution in [0.2, 0.25) is 0 Å². The van der Waals surface area contributed by atoms with Crippen LogP contribution in [-0.2, 0) is 10.2 Å². The summed E-state index contributed by atoms with van der Waals surface area (Å²) in [6, 6.07) is 0.556. The maximum atomic E-state index is 12.4. The monoisotopic (exact) mass is 295 g/mol. The van der Waals surface area contributed by atoms with Crippen molar-refractivity contribution >= 4 is 22.6 Å². The summed E-state index contributed by atoms with van der Waals surface area (Å²) in [6.07, 6.45) is 4.12. The van der Waals surface area contributed by atoms with Crippen LogP contribution >= 0.6 is 12.4 Å². The van der Waals surface area contributed by atoms with Gasteiger partial charge in [-0.3, -0.25) is 0 Å². The molecule has 0 saturated carbocycles. The van der Waals surface area contributed by atoms with E-state index >= 15 is 0 Å². The van der Waals surface area contributed by atoms with E-state index in [1.165, 1.54) is 0 Å². The van der Waals surface area contributed by atoms with E-state index in [-0.39, 0.29) is 12.4 Å². The topological polar surface area (TPSA) is 52.7 Å². The number of halogens is 1. The number of hydrogen-bond acceptors (Lipinski definition) is 3. The molecule has 0 bridgehead atoms. The average Bonchev–Trinajstić information content (AvgIpc) is 2.99. The molecular formula is C11H22ClN3O2S. The van der Waals surface area contributed by atoms with Gasteiger partial charge in [0.1, 0.15) is 0 Å². The first-order valence-corrected chi connectivity index (χ1v) is 8.06. The van der Waals surface area contributed by atoms with E-state index in [1.807, 2.05) is 0 Å². The molecule has 0 spiro atoms. The Morgan fingerprint density at radius 1 is 1.00 bits per heavy atom. The van der Waals surface area contributed by atoms with Gasteiger partial charge in [-0.2, -0.15) is 17.0 Å². The Hall–Kier alpha value is 0.120. The Balaban J connectivity index is 0.00000120. The lowest BCUT2D eigenvalue weighted by Crippen LogP contribution is -2.51. The summed E-state index contributed by atoms with van der Waals surface area (Å²) in [6.45, 7) is 3.88. The molecule has 106 valence electrons. The van der Waals surface area contributed by atoms with Crippen LogP contribution in [0.4, 0.5) is 0 Å². The van der Waals surface area contributed by atoms with E-state index < -0.39 is 10.2 Å². The quantitative estimate of drug-likeness (QED) is 0.804. The molecule has 7 heteroatoms. The van der Waals surface area contributed by atoms with Crippen LogP contribution in [-0.4, -0.2) is 55.8 Å². The fourth-order valence-corrected chi connectivity index (χ4v) is 5.07. The maximum absolute atomic E-state index is 12.4. The van der Waals surface area contributed by atoms with Crippen LogP contribution in [0, 0.1) is 5.92 Å². The van der Waals surface area contributed by atoms with Crippen LogP contribution in [0.1, 0.15) is 25.7 Å². The maximum Gasteiger partial charge on any atom is 0.281 e. The molecular weight excluding hydrogens is 274 g/mol. The molecule has 0 radical (unpaired) electrons. The van der Waals surface area contributed by atoms with Crippen LogP contribution in [0.3, 0.4) is 0 Å². The summed E-state index contributed by atoms with van der Waals surface area (Å²) in [4.78, 5) is 0. The van der Waals surface area contributed by atoms with Gasteiger partial charge < -0.3 is 5.32 Å². The van der Waals surface area contributed by atoms with Gasteiger partial charge >= 0.3 is 0 Å². The summed E-state index contributed by atoms with van der Waals surface area (Å²) in [7, 11) is -3.16. The van der Waals surface area contributed by atoms with E-state index in [2.05, 4.69) is 5.32 Å². The highest BCUT2D eigenvalue weighted by Gasteiger charge is 2.39. The van der Waals surface area contributed by atoms with Crippen LogP contribution < -0.4 is 5.32 Å². The first kappa shape index (κ1) is 14.5. The number of nitrogens with zero attached hydrogens (tertiary/aromatic N) is 2. The molecule has 1 N–H and O–H groups in total. The zero-order chi connectivity index (χ0) is 11.9. The molecule has 3 aliphatic rings. The van der Waals surface area contributed by atoms with Gasteiger partial charge in [0.15, 0.2) is 0 Å². The van der Waals surface area contributed by atoms with E-state index in [4.69, 9.17) is 0 Å². The number of hydrogen-bond donors (Lipinski definition) is 1. The summed E-state index contributed by atoms with van der Waals surface area (Å²) in [5.41, 5.74) is 0. The summed E-state index contributed by atoms with van der Waals surface area (Å²) in [5.74, 6) is 0.529. The fraction of sp³-hybridized carbons (Fsp3) is 1.00. The van der Waals surface area contributed by atoms with Crippen molar-refractivity contribution in [3.63, 3.8) is 0 Å². The van der Waals surface area contributed by atoms with Crippen molar-refractivity contribution in [1.29, 1.82) is 0 Å². The molecule has 3 saturated heterocycles. The van der Waals surface area contributed by atoms with Gasteiger partial charge in [0.05, 0.1) is 0 Å². The summed E-state index contributed by atoms with van der Waals surface area (Å²) >= 11 is 0. The van der Waals surface area contributed by atoms with E-state index in [1.54, 1.807) is 8.61 Å². The minimum Gasteiger partial charge on any atom is -0.314 e. The van der Waals surface area contributed by atoms with Crippen LogP contribution in [0.15, 0.2) is 0 Å². The van der Waals surface area contributed by atoms with Gasteiger partial charge in [-0.15, -0.1) is 12.4 Å². The Labute approximate surface area is 115 Å². The standard InChI is InChI=1S/C11H21N3O2S.ClH/c15-17(16,13-6-1-2-7-13)14-8-4-11-10(9-14)3-5-12-11;/h10-12H,1-9H2;1H. The second-order valence-electron chi connectivity index (χ2n) is 5.37. The molecule has 0 aliphatic carbocycles. The number of nitrogens with one attached hydrogen (secondary N) is 1. The van der Waals surface area contributed by atoms with Crippen LogP contribution in [0.25, 0.3) is 0 Å². The van der Waals surface area contributed by atoms with Crippen molar-refractivity contribution in [1.82, 2.24) is 13.9 Å². The van der Waals surface area contributed by atoms with Crippen molar-refractivity contribution in [3.8, 4) is 0 Å². The van der Waals surface area contributed by atoms with Gasteiger partial charge in [0, 0.05) is 32.2 Å². The lowest BCUT2D eigenvalue weighted by atomic mass is 9.95. The predicted octanol–water partition coefficient (Wildman–Crippen LogP) is 0.433. The fourth-order valence-electron chi connectivity index (χ4n) is 3.31. The van der Waals surface area contributed by atoms with Crippen molar-refractivity contribution in [2.24, 2.45) is 5.92 Å². The molecule has 0 amide bonds. The van der Waals surface area contributed by atoms with Gasteiger partial charge in [-0.1, -0.05) is 0 Å². The highest BCUT2D eigenvalue weighted by molar-refractivity contribution is 7.86. The average molecular weight is 296 g/mol. The Morgan fingerprint density at radius 3 is 2.44 bits per heavy atom. The largest absolute Gasteiger partial charge is 0.314 e. The molecule has 2 atom stereocenters. The first-order chi connectivity index (χ1) is 8.18. The molecule has 18 heavy (non-hydrogen) atoms. The Bertz CT molecular complexity index is 384. The molecule has 3 rings (SSSR count). The minimum atomic E-state index is -3.16. The molecule has 5 nitrogen and oxygen atoms in total. The summed E-state index contributed by atoms with van der Waals surface area (Å²) in [5, 5.41) is 3.46. The minimum absolute atomic E-state index is 0. The number of rotatable bonds is 2. The molecule has 0 aromatic heterocycles. The normalized spacial score (nSPS) is 34.2. The number of piperidine rings is 1. The Kier molecular flexibility index (Phi) is 4.54. The van der Waals surface area contributed by atoms with E-state index in [0.717, 1.165) is 38.8 Å². The Morgan fingerprint density at radius 2 is 1.72 bits per heavy atom. The lowest BCUT2D eigenvalue weighted by molar-refractivity contribution is 0.234. The molecule has 3 heterocycles. The molecule has 0 aromatic rings. The molecule has 0 aromatic carbocycles. The first-order valence-electron chi connectivity index (χ1n) is 6.66. The van der Waals surface area contributed by atoms with E-state index in [9.17, 15) is 8.42 Å². The summed E-state index contributed by atoms with van der Waals surface area (Å²) < 4.78 is 28.2. The van der Waals surface area contributed by atoms with Crippen molar-refractivity contribution in [3.05, 3.63) is 0 Å². The van der Waals surface area contributed by atoms with Crippen molar-refractivity contribution < 1.29 is 8.42 Å². The van der Waals surface area contributed by atoms with E-state index in [0.29, 0.717) is 31.6 Å². The van der Waals surface area contributed by atoms with Gasteiger partial charge in [-0.05, 0) is 38.1 Å². The van der Waals surface area contributed by atoms with Crippen molar-refractivity contribution in [2.75, 3.05) is 32.7 Å². The third kappa shape index (κ3) is 2.54. The zero-order valence-electron chi connectivity index (χ0n) is 10.5. The van der Waals surface area contributed by atoms with Gasteiger partial charge in [0.25, 0.3) is 10.2 Å². The second-order valence-corrected chi connectivity index (χ2v) is 7.30. The predicted molar refractivity (Wildman–Crippen MR) is 73.1 cm³/mol. The molecule has 3 aliphatic heterocycles. The third-order valence-electron chi connectivity index (χ3n) is 4.34. The SMILES string of the molecule is Cl.O=S(=O)(N1CCCC1)N1CCC2NCCC2C1. The highest BCUT2D eigenvalue weighted by atomic mass is 35.5. The smallest absolute Gasteiger partial charge is 0.281 e.